The molecule has 1 N–H and O–H groups in total. The summed E-state index contributed by atoms with van der Waals surface area (Å²) < 4.78 is 5.95. The number of carboxylic acid groups (broad SMARTS) is 1. The van der Waals surface area contributed by atoms with Crippen molar-refractivity contribution in [2.24, 2.45) is 10.9 Å². The van der Waals surface area contributed by atoms with Gasteiger partial charge in [-0.05, 0) is 49.4 Å². The topological polar surface area (TPSA) is 115 Å². The summed E-state index contributed by atoms with van der Waals surface area (Å²) in [6.07, 6.45) is 7.67. The van der Waals surface area contributed by atoms with Crippen LogP contribution in [-0.2, 0) is 16.0 Å². The van der Waals surface area contributed by atoms with E-state index >= 15 is 0 Å². The van der Waals surface area contributed by atoms with Crippen LogP contribution >= 0.6 is 0 Å². The van der Waals surface area contributed by atoms with Crippen molar-refractivity contribution >= 4 is 28.2 Å². The zero-order chi connectivity index (χ0) is 23.4. The minimum atomic E-state index is -1.03. The molecule has 8 heteroatoms. The van der Waals surface area contributed by atoms with Gasteiger partial charge in [0.15, 0.2) is 6.04 Å². The highest BCUT2D eigenvalue weighted by Crippen LogP contribution is 2.28. The Morgan fingerprint density at radius 2 is 2.12 bits per heavy atom. The summed E-state index contributed by atoms with van der Waals surface area (Å²) in [5.41, 5.74) is 2.11. The fourth-order valence-electron chi connectivity index (χ4n) is 4.11. The number of rotatable bonds is 8. The summed E-state index contributed by atoms with van der Waals surface area (Å²) >= 11 is 0. The van der Waals surface area contributed by atoms with Crippen molar-refractivity contribution < 1.29 is 19.4 Å². The SMILES string of the molecule is CCCC1C(=O)CCC1=NC(Cc1ccc(Oc2nc(C)cc3ccncc23)cn1)C(=O)O. The lowest BCUT2D eigenvalue weighted by atomic mass is 9.99. The largest absolute Gasteiger partial charge is 0.480 e. The number of aryl methyl sites for hydroxylation is 1. The van der Waals surface area contributed by atoms with Gasteiger partial charge >= 0.3 is 5.97 Å². The Morgan fingerprint density at radius 3 is 2.85 bits per heavy atom. The van der Waals surface area contributed by atoms with E-state index in [1.165, 1.54) is 0 Å². The van der Waals surface area contributed by atoms with Crippen LogP contribution in [0.4, 0.5) is 0 Å². The Labute approximate surface area is 191 Å². The maximum Gasteiger partial charge on any atom is 0.328 e. The van der Waals surface area contributed by atoms with E-state index in [4.69, 9.17) is 4.74 Å². The number of aliphatic imine (C=N–C) groups is 1. The maximum absolute atomic E-state index is 12.1. The molecule has 3 aromatic heterocycles. The zero-order valence-corrected chi connectivity index (χ0v) is 18.7. The molecule has 170 valence electrons. The van der Waals surface area contributed by atoms with Gasteiger partial charge in [-0.25, -0.2) is 9.78 Å². The van der Waals surface area contributed by atoms with Crippen LogP contribution in [0.2, 0.25) is 0 Å². The van der Waals surface area contributed by atoms with Gasteiger partial charge in [0.2, 0.25) is 5.88 Å². The Bertz CT molecular complexity index is 1210. The number of carbonyl (C=O) groups excluding carboxylic acids is 1. The first kappa shape index (κ1) is 22.5. The third-order valence-electron chi connectivity index (χ3n) is 5.74. The van der Waals surface area contributed by atoms with Gasteiger partial charge in [-0.2, -0.15) is 0 Å². The van der Waals surface area contributed by atoms with Crippen LogP contribution < -0.4 is 4.74 Å². The van der Waals surface area contributed by atoms with Crippen LogP contribution in [-0.4, -0.2) is 43.6 Å². The van der Waals surface area contributed by atoms with E-state index in [1.54, 1.807) is 30.7 Å². The molecule has 1 fully saturated rings. The van der Waals surface area contributed by atoms with Crippen molar-refractivity contribution in [3.63, 3.8) is 0 Å². The van der Waals surface area contributed by atoms with Crippen molar-refractivity contribution in [2.45, 2.75) is 52.0 Å². The summed E-state index contributed by atoms with van der Waals surface area (Å²) in [5, 5.41) is 11.5. The number of carboxylic acids is 1. The van der Waals surface area contributed by atoms with E-state index in [0.29, 0.717) is 42.3 Å². The molecule has 0 amide bonds. The number of ether oxygens (including phenoxy) is 1. The molecular weight excluding hydrogens is 420 g/mol. The first-order chi connectivity index (χ1) is 15.9. The molecule has 2 atom stereocenters. The van der Waals surface area contributed by atoms with Crippen molar-refractivity contribution in [1.82, 2.24) is 15.0 Å². The second-order valence-electron chi connectivity index (χ2n) is 8.24. The number of hydrogen-bond donors (Lipinski definition) is 1. The first-order valence-corrected chi connectivity index (χ1v) is 11.1. The summed E-state index contributed by atoms with van der Waals surface area (Å²) in [6.45, 7) is 3.90. The summed E-state index contributed by atoms with van der Waals surface area (Å²) in [4.78, 5) is 41.4. The van der Waals surface area contributed by atoms with Gasteiger partial charge in [-0.3, -0.25) is 19.8 Å². The monoisotopic (exact) mass is 446 g/mol. The molecule has 1 aliphatic rings. The number of ketones is 1. The molecule has 8 nitrogen and oxygen atoms in total. The fraction of sp³-hybridized carbons (Fsp3) is 0.360. The van der Waals surface area contributed by atoms with Crippen molar-refractivity contribution in [1.29, 1.82) is 0 Å². The molecule has 3 heterocycles. The number of aromatic nitrogens is 3. The van der Waals surface area contributed by atoms with Crippen molar-refractivity contribution in [3.05, 3.63) is 54.2 Å². The van der Waals surface area contributed by atoms with Crippen LogP contribution in [0.15, 0.2) is 47.8 Å². The van der Waals surface area contributed by atoms with E-state index in [2.05, 4.69) is 19.9 Å². The van der Waals surface area contributed by atoms with Gasteiger partial charge in [-0.1, -0.05) is 13.3 Å². The molecule has 0 bridgehead atoms. The normalized spacial score (nSPS) is 18.1. The maximum atomic E-state index is 12.1. The molecule has 1 aliphatic carbocycles. The molecule has 1 saturated carbocycles. The van der Waals surface area contributed by atoms with Gasteiger partial charge in [0.25, 0.3) is 0 Å². The van der Waals surface area contributed by atoms with Crippen LogP contribution in [0.3, 0.4) is 0 Å². The lowest BCUT2D eigenvalue weighted by Gasteiger charge is -2.13. The van der Waals surface area contributed by atoms with Crippen LogP contribution in [0.1, 0.15) is 44.0 Å². The molecule has 0 radical (unpaired) electrons. The number of Topliss-reactive ketones (excluding diaryl/α,β-unsaturated/α-hetero) is 1. The summed E-state index contributed by atoms with van der Waals surface area (Å²) in [5.74, 6) is -0.180. The number of fused-ring (bicyclic) bond motifs is 1. The molecule has 0 aliphatic heterocycles. The van der Waals surface area contributed by atoms with E-state index in [9.17, 15) is 14.7 Å². The molecule has 0 aromatic carbocycles. The number of nitrogens with zero attached hydrogens (tertiary/aromatic N) is 4. The molecule has 4 rings (SSSR count). The van der Waals surface area contributed by atoms with Crippen LogP contribution in [0.25, 0.3) is 10.8 Å². The average molecular weight is 447 g/mol. The van der Waals surface area contributed by atoms with Gasteiger partial charge in [0.1, 0.15) is 11.5 Å². The number of carbonyl (C=O) groups is 2. The van der Waals surface area contributed by atoms with Crippen LogP contribution in [0, 0.1) is 12.8 Å². The minimum Gasteiger partial charge on any atom is -0.480 e. The lowest BCUT2D eigenvalue weighted by Crippen LogP contribution is -2.25. The molecule has 33 heavy (non-hydrogen) atoms. The van der Waals surface area contributed by atoms with E-state index < -0.39 is 12.0 Å². The Hall–Kier alpha value is -3.68. The lowest BCUT2D eigenvalue weighted by molar-refractivity contribution is -0.138. The predicted octanol–water partition coefficient (Wildman–Crippen LogP) is 4.34. The predicted molar refractivity (Wildman–Crippen MR) is 124 cm³/mol. The molecule has 0 spiro atoms. The average Bonchev–Trinajstić information content (AvgIpc) is 3.14. The van der Waals surface area contributed by atoms with Gasteiger partial charge in [0, 0.05) is 42.3 Å². The van der Waals surface area contributed by atoms with Gasteiger partial charge in [-0.15, -0.1) is 0 Å². The Morgan fingerprint density at radius 1 is 1.27 bits per heavy atom. The van der Waals surface area contributed by atoms with Gasteiger partial charge < -0.3 is 9.84 Å². The van der Waals surface area contributed by atoms with Crippen molar-refractivity contribution in [2.75, 3.05) is 0 Å². The number of pyridine rings is 3. The zero-order valence-electron chi connectivity index (χ0n) is 18.7. The van der Waals surface area contributed by atoms with E-state index in [-0.39, 0.29) is 18.1 Å². The third kappa shape index (κ3) is 5.22. The summed E-state index contributed by atoms with van der Waals surface area (Å²) in [7, 11) is 0. The highest BCUT2D eigenvalue weighted by atomic mass is 16.5. The standard InChI is InChI=1S/C25H26N4O4/c1-3-4-19-21(7-8-23(19)30)29-22(25(31)32)12-17-5-6-18(13-27-17)33-24-20-14-26-10-9-16(20)11-15(2)28-24/h5-6,9-11,13-14,19,22H,3-4,7-8,12H2,1-2H3,(H,31,32). The Balaban J connectivity index is 1.50. The number of aliphatic carboxylic acids is 1. The minimum absolute atomic E-state index is 0.141. The van der Waals surface area contributed by atoms with Gasteiger partial charge in [0.05, 0.1) is 17.5 Å². The third-order valence-corrected chi connectivity index (χ3v) is 5.74. The smallest absolute Gasteiger partial charge is 0.328 e. The van der Waals surface area contributed by atoms with E-state index in [1.807, 2.05) is 26.0 Å². The molecule has 3 aromatic rings. The van der Waals surface area contributed by atoms with Crippen molar-refractivity contribution in [3.8, 4) is 11.6 Å². The summed E-state index contributed by atoms with van der Waals surface area (Å²) in [6, 6.07) is 6.35. The van der Waals surface area contributed by atoms with E-state index in [0.717, 1.165) is 22.9 Å². The molecule has 2 unspecified atom stereocenters. The quantitative estimate of drug-likeness (QED) is 0.547. The molecular formula is C25H26N4O4. The first-order valence-electron chi connectivity index (χ1n) is 11.1. The van der Waals surface area contributed by atoms with Crippen LogP contribution in [0.5, 0.6) is 11.6 Å². The fourth-order valence-corrected chi connectivity index (χ4v) is 4.11. The molecule has 0 saturated heterocycles. The number of hydrogen-bond acceptors (Lipinski definition) is 7. The Kier molecular flexibility index (Phi) is 6.72. The second-order valence-corrected chi connectivity index (χ2v) is 8.24. The highest BCUT2D eigenvalue weighted by Gasteiger charge is 2.31. The second kappa shape index (κ2) is 9.85. The highest BCUT2D eigenvalue weighted by molar-refractivity contribution is 6.11.